The molecule has 0 aliphatic carbocycles. The van der Waals surface area contributed by atoms with Gasteiger partial charge in [0, 0.05) is 24.5 Å². The van der Waals surface area contributed by atoms with E-state index < -0.39 is 26.8 Å². The Labute approximate surface area is 159 Å². The second-order valence-corrected chi connectivity index (χ2v) is 8.99. The Morgan fingerprint density at radius 3 is 2.19 bits per heavy atom. The lowest BCUT2D eigenvalue weighted by atomic mass is 10.1. The van der Waals surface area contributed by atoms with Crippen LogP contribution in [0.2, 0.25) is 0 Å². The predicted molar refractivity (Wildman–Crippen MR) is 104 cm³/mol. The molecule has 144 valence electrons. The lowest BCUT2D eigenvalue weighted by molar-refractivity contribution is -0.115. The number of nitrogens with one attached hydrogen (secondary N) is 1. The molecule has 1 N–H and O–H groups in total. The van der Waals surface area contributed by atoms with Gasteiger partial charge in [0.2, 0.25) is 5.91 Å². The molecule has 1 saturated heterocycles. The molecule has 3 rings (SSSR count). The van der Waals surface area contributed by atoms with Crippen molar-refractivity contribution in [2.24, 2.45) is 0 Å². The summed E-state index contributed by atoms with van der Waals surface area (Å²) in [7, 11) is -3.89. The van der Waals surface area contributed by atoms with Gasteiger partial charge in [0.05, 0.1) is 4.90 Å². The number of benzene rings is 2. The summed E-state index contributed by atoms with van der Waals surface area (Å²) in [5.74, 6) is -1.15. The fourth-order valence-corrected chi connectivity index (χ4v) is 4.39. The van der Waals surface area contributed by atoms with Crippen molar-refractivity contribution in [2.45, 2.75) is 36.3 Å². The molecule has 5 nitrogen and oxygen atoms in total. The molecule has 0 radical (unpaired) electrons. The number of amides is 1. The Kier molecular flexibility index (Phi) is 5.79. The Morgan fingerprint density at radius 2 is 1.59 bits per heavy atom. The van der Waals surface area contributed by atoms with Crippen LogP contribution in [-0.2, 0) is 14.6 Å². The summed E-state index contributed by atoms with van der Waals surface area (Å²) in [5, 5.41) is 1.36. The van der Waals surface area contributed by atoms with Gasteiger partial charge in [-0.15, -0.1) is 0 Å². The number of rotatable bonds is 5. The Balaban J connectivity index is 1.68. The van der Waals surface area contributed by atoms with Gasteiger partial charge in [-0.1, -0.05) is 0 Å². The molecule has 2 aromatic carbocycles. The summed E-state index contributed by atoms with van der Waals surface area (Å²) in [6.45, 7) is 3.38. The van der Waals surface area contributed by atoms with Crippen LogP contribution in [0.5, 0.6) is 0 Å². The third-order valence-corrected chi connectivity index (χ3v) is 6.91. The van der Waals surface area contributed by atoms with Crippen molar-refractivity contribution in [3.8, 4) is 0 Å². The SMILES string of the molecule is CC(C(=O)Nc1ccc(N2CCCCC2)cc1)S(=O)(=O)c1ccc(F)cc1. The fourth-order valence-electron chi connectivity index (χ4n) is 3.12. The maximum atomic E-state index is 13.0. The Bertz CT molecular complexity index is 890. The molecule has 0 spiro atoms. The lowest BCUT2D eigenvalue weighted by Gasteiger charge is -2.28. The summed E-state index contributed by atoms with van der Waals surface area (Å²) < 4.78 is 38.1. The summed E-state index contributed by atoms with van der Waals surface area (Å²) in [4.78, 5) is 14.6. The highest BCUT2D eigenvalue weighted by Crippen LogP contribution is 2.23. The summed E-state index contributed by atoms with van der Waals surface area (Å²) >= 11 is 0. The van der Waals surface area contributed by atoms with E-state index in [2.05, 4.69) is 10.2 Å². The van der Waals surface area contributed by atoms with Crippen LogP contribution in [0, 0.1) is 5.82 Å². The number of carbonyl (C=O) groups is 1. The second-order valence-electron chi connectivity index (χ2n) is 6.72. The largest absolute Gasteiger partial charge is 0.372 e. The molecule has 1 amide bonds. The van der Waals surface area contributed by atoms with E-state index >= 15 is 0 Å². The van der Waals surface area contributed by atoms with E-state index in [-0.39, 0.29) is 4.90 Å². The number of anilines is 2. The normalized spacial score (nSPS) is 16.0. The molecule has 1 atom stereocenters. The molecule has 1 aliphatic heterocycles. The third-order valence-electron chi connectivity index (χ3n) is 4.83. The van der Waals surface area contributed by atoms with Crippen molar-refractivity contribution in [1.82, 2.24) is 0 Å². The standard InChI is InChI=1S/C20H23FN2O3S/c1-15(27(25,26)19-11-5-16(21)6-12-19)20(24)22-17-7-9-18(10-8-17)23-13-3-2-4-14-23/h5-12,15H,2-4,13-14H2,1H3,(H,22,24). The van der Waals surface area contributed by atoms with Crippen molar-refractivity contribution < 1.29 is 17.6 Å². The van der Waals surface area contributed by atoms with E-state index in [0.29, 0.717) is 5.69 Å². The quantitative estimate of drug-likeness (QED) is 0.792. The van der Waals surface area contributed by atoms with Gasteiger partial charge in [0.1, 0.15) is 11.1 Å². The van der Waals surface area contributed by atoms with Gasteiger partial charge < -0.3 is 10.2 Å². The van der Waals surface area contributed by atoms with E-state index in [9.17, 15) is 17.6 Å². The minimum absolute atomic E-state index is 0.0769. The number of piperidine rings is 1. The number of carbonyl (C=O) groups excluding carboxylic acids is 1. The summed E-state index contributed by atoms with van der Waals surface area (Å²) in [6, 6.07) is 11.9. The van der Waals surface area contributed by atoms with E-state index in [1.807, 2.05) is 12.1 Å². The van der Waals surface area contributed by atoms with E-state index in [1.54, 1.807) is 12.1 Å². The van der Waals surface area contributed by atoms with Gasteiger partial charge in [-0.25, -0.2) is 12.8 Å². The molecule has 1 unspecified atom stereocenters. The highest BCUT2D eigenvalue weighted by Gasteiger charge is 2.29. The van der Waals surface area contributed by atoms with Crippen LogP contribution in [0.15, 0.2) is 53.4 Å². The minimum Gasteiger partial charge on any atom is -0.372 e. The molecule has 1 aliphatic rings. The van der Waals surface area contributed by atoms with Gasteiger partial charge in [0.25, 0.3) is 0 Å². The van der Waals surface area contributed by atoms with E-state index in [0.717, 1.165) is 30.9 Å². The van der Waals surface area contributed by atoms with Crippen molar-refractivity contribution in [3.05, 3.63) is 54.3 Å². The smallest absolute Gasteiger partial charge is 0.242 e. The molecule has 1 heterocycles. The molecule has 0 saturated carbocycles. The maximum absolute atomic E-state index is 13.0. The number of hydrogen-bond acceptors (Lipinski definition) is 4. The van der Waals surface area contributed by atoms with Crippen molar-refractivity contribution in [2.75, 3.05) is 23.3 Å². The van der Waals surface area contributed by atoms with Crippen LogP contribution in [0.3, 0.4) is 0 Å². The topological polar surface area (TPSA) is 66.5 Å². The van der Waals surface area contributed by atoms with Crippen LogP contribution in [0.25, 0.3) is 0 Å². The summed E-state index contributed by atoms with van der Waals surface area (Å²) in [6.07, 6.45) is 3.61. The molecular formula is C20H23FN2O3S. The first-order valence-electron chi connectivity index (χ1n) is 9.03. The number of hydrogen-bond donors (Lipinski definition) is 1. The molecule has 7 heteroatoms. The molecule has 0 aromatic heterocycles. The fraction of sp³-hybridized carbons (Fsp3) is 0.350. The zero-order valence-corrected chi connectivity index (χ0v) is 16.0. The number of halogens is 1. The maximum Gasteiger partial charge on any atom is 0.242 e. The zero-order valence-electron chi connectivity index (χ0n) is 15.2. The average molecular weight is 390 g/mol. The summed E-state index contributed by atoms with van der Waals surface area (Å²) in [5.41, 5.74) is 1.64. The number of nitrogens with zero attached hydrogens (tertiary/aromatic N) is 1. The molecular weight excluding hydrogens is 367 g/mol. The van der Waals surface area contributed by atoms with Gasteiger partial charge in [-0.3, -0.25) is 4.79 Å². The van der Waals surface area contributed by atoms with Crippen LogP contribution in [-0.4, -0.2) is 32.7 Å². The van der Waals surface area contributed by atoms with E-state index in [1.165, 1.54) is 38.3 Å². The van der Waals surface area contributed by atoms with Crippen LogP contribution < -0.4 is 10.2 Å². The van der Waals surface area contributed by atoms with Crippen molar-refractivity contribution >= 4 is 27.1 Å². The van der Waals surface area contributed by atoms with Gasteiger partial charge in [-0.05, 0) is 74.7 Å². The molecule has 27 heavy (non-hydrogen) atoms. The first kappa shape index (κ1) is 19.4. The van der Waals surface area contributed by atoms with Gasteiger partial charge in [0.15, 0.2) is 9.84 Å². The Hall–Kier alpha value is -2.41. The lowest BCUT2D eigenvalue weighted by Crippen LogP contribution is -2.32. The second kappa shape index (κ2) is 8.08. The van der Waals surface area contributed by atoms with Gasteiger partial charge >= 0.3 is 0 Å². The predicted octanol–water partition coefficient (Wildman–Crippen LogP) is 3.62. The van der Waals surface area contributed by atoms with Crippen molar-refractivity contribution in [1.29, 1.82) is 0 Å². The molecule has 0 bridgehead atoms. The minimum atomic E-state index is -3.89. The number of sulfone groups is 1. The highest BCUT2D eigenvalue weighted by atomic mass is 32.2. The first-order valence-corrected chi connectivity index (χ1v) is 10.6. The monoisotopic (exact) mass is 390 g/mol. The third kappa shape index (κ3) is 4.47. The van der Waals surface area contributed by atoms with Crippen LogP contribution in [0.4, 0.5) is 15.8 Å². The average Bonchev–Trinajstić information content (AvgIpc) is 2.69. The zero-order chi connectivity index (χ0) is 19.4. The van der Waals surface area contributed by atoms with Crippen LogP contribution in [0.1, 0.15) is 26.2 Å². The van der Waals surface area contributed by atoms with Crippen LogP contribution >= 0.6 is 0 Å². The van der Waals surface area contributed by atoms with E-state index in [4.69, 9.17) is 0 Å². The highest BCUT2D eigenvalue weighted by molar-refractivity contribution is 7.92. The first-order chi connectivity index (χ1) is 12.9. The molecule has 2 aromatic rings. The van der Waals surface area contributed by atoms with Crippen molar-refractivity contribution in [3.63, 3.8) is 0 Å². The molecule has 1 fully saturated rings. The van der Waals surface area contributed by atoms with Gasteiger partial charge in [-0.2, -0.15) is 0 Å². The Morgan fingerprint density at radius 1 is 1.00 bits per heavy atom.